The number of hydrogen-bond acceptors (Lipinski definition) is 2. The Kier molecular flexibility index (Phi) is 3.26. The molecule has 102 valence electrons. The third-order valence-corrected chi connectivity index (χ3v) is 3.94. The van der Waals surface area contributed by atoms with E-state index in [1.54, 1.807) is 12.3 Å². The molecule has 0 saturated heterocycles. The van der Waals surface area contributed by atoms with E-state index < -0.39 is 0 Å². The van der Waals surface area contributed by atoms with E-state index in [1.165, 1.54) is 5.56 Å². The molecule has 1 aliphatic heterocycles. The lowest BCUT2D eigenvalue weighted by Gasteiger charge is -2.18. The maximum atomic E-state index is 12.6. The number of pyridine rings is 1. The summed E-state index contributed by atoms with van der Waals surface area (Å²) in [6.45, 7) is 5.15. The Morgan fingerprint density at radius 1 is 1.20 bits per heavy atom. The average Bonchev–Trinajstić information content (AvgIpc) is 2.87. The number of amides is 1. The Balaban J connectivity index is 1.98. The number of para-hydroxylation sites is 1. The highest BCUT2D eigenvalue weighted by molar-refractivity contribution is 6.06. The molecule has 0 N–H and O–H groups in total. The molecule has 0 bridgehead atoms. The van der Waals surface area contributed by atoms with Crippen LogP contribution in [0.1, 0.15) is 35.8 Å². The van der Waals surface area contributed by atoms with E-state index in [4.69, 9.17) is 0 Å². The summed E-state index contributed by atoms with van der Waals surface area (Å²) in [5, 5.41) is 0. The molecule has 2 aromatic rings. The van der Waals surface area contributed by atoms with Gasteiger partial charge in [-0.1, -0.05) is 38.1 Å². The average molecular weight is 266 g/mol. The van der Waals surface area contributed by atoms with Gasteiger partial charge in [-0.2, -0.15) is 0 Å². The van der Waals surface area contributed by atoms with Crippen LogP contribution in [0, 0.1) is 5.92 Å². The van der Waals surface area contributed by atoms with Crippen molar-refractivity contribution in [3.63, 3.8) is 0 Å². The lowest BCUT2D eigenvalue weighted by Crippen LogP contribution is -2.31. The summed E-state index contributed by atoms with van der Waals surface area (Å²) in [6, 6.07) is 13.6. The van der Waals surface area contributed by atoms with E-state index in [9.17, 15) is 4.79 Å². The number of carbonyl (C=O) groups excluding carboxylic acids is 1. The maximum absolute atomic E-state index is 12.6. The van der Waals surface area contributed by atoms with Crippen LogP contribution in [-0.2, 0) is 0 Å². The first-order valence-corrected chi connectivity index (χ1v) is 7.00. The van der Waals surface area contributed by atoms with Crippen molar-refractivity contribution in [3.05, 3.63) is 59.9 Å². The molecule has 1 amide bonds. The predicted molar refractivity (Wildman–Crippen MR) is 79.9 cm³/mol. The Labute approximate surface area is 119 Å². The fourth-order valence-corrected chi connectivity index (χ4v) is 2.83. The number of carbonyl (C=O) groups is 1. The Morgan fingerprint density at radius 3 is 2.65 bits per heavy atom. The van der Waals surface area contributed by atoms with Crippen LogP contribution in [0.5, 0.6) is 0 Å². The number of hydrogen-bond donors (Lipinski definition) is 0. The molecular formula is C17H18N2O. The maximum Gasteiger partial charge on any atom is 0.276 e. The van der Waals surface area contributed by atoms with Gasteiger partial charge < -0.3 is 4.90 Å². The van der Waals surface area contributed by atoms with Gasteiger partial charge in [0.1, 0.15) is 5.69 Å². The molecule has 20 heavy (non-hydrogen) atoms. The summed E-state index contributed by atoms with van der Waals surface area (Å²) in [5.74, 6) is 0.901. The SMILES string of the molecule is CC(C)C1CN(C(=O)c2ccccn2)c2ccccc21. The fourth-order valence-electron chi connectivity index (χ4n) is 2.83. The first-order valence-electron chi connectivity index (χ1n) is 7.00. The zero-order valence-corrected chi connectivity index (χ0v) is 11.8. The zero-order valence-electron chi connectivity index (χ0n) is 11.8. The third kappa shape index (κ3) is 2.09. The van der Waals surface area contributed by atoms with Crippen molar-refractivity contribution in [2.24, 2.45) is 5.92 Å². The van der Waals surface area contributed by atoms with E-state index in [1.807, 2.05) is 35.2 Å². The number of nitrogens with zero attached hydrogens (tertiary/aromatic N) is 2. The minimum absolute atomic E-state index is 0.0128. The van der Waals surface area contributed by atoms with Crippen LogP contribution in [-0.4, -0.2) is 17.4 Å². The second kappa shape index (κ2) is 5.08. The highest BCUT2D eigenvalue weighted by Gasteiger charge is 2.34. The molecule has 0 fully saturated rings. The van der Waals surface area contributed by atoms with E-state index in [0.29, 0.717) is 17.5 Å². The lowest BCUT2D eigenvalue weighted by molar-refractivity contribution is 0.0982. The molecule has 0 radical (unpaired) electrons. The number of aromatic nitrogens is 1. The van der Waals surface area contributed by atoms with Crippen molar-refractivity contribution in [3.8, 4) is 0 Å². The van der Waals surface area contributed by atoms with E-state index in [0.717, 1.165) is 12.2 Å². The molecule has 1 aliphatic rings. The second-order valence-corrected chi connectivity index (χ2v) is 5.54. The van der Waals surface area contributed by atoms with Crippen LogP contribution in [0.4, 0.5) is 5.69 Å². The molecule has 0 saturated carbocycles. The van der Waals surface area contributed by atoms with Gasteiger partial charge in [-0.15, -0.1) is 0 Å². The molecule has 3 heteroatoms. The van der Waals surface area contributed by atoms with E-state index in [-0.39, 0.29) is 5.91 Å². The molecule has 1 unspecified atom stereocenters. The van der Waals surface area contributed by atoms with Crippen LogP contribution in [0.2, 0.25) is 0 Å². The molecule has 0 aliphatic carbocycles. The van der Waals surface area contributed by atoms with Gasteiger partial charge in [-0.05, 0) is 29.7 Å². The standard InChI is InChI=1S/C17H18N2O/c1-12(2)14-11-19(16-9-4-3-7-13(14)16)17(20)15-8-5-6-10-18-15/h3-10,12,14H,11H2,1-2H3. The van der Waals surface area contributed by atoms with Crippen LogP contribution in [0.3, 0.4) is 0 Å². The molecule has 1 atom stereocenters. The summed E-state index contributed by atoms with van der Waals surface area (Å²) in [5.41, 5.74) is 2.81. The van der Waals surface area contributed by atoms with E-state index in [2.05, 4.69) is 24.9 Å². The van der Waals surface area contributed by atoms with Crippen molar-refractivity contribution in [1.29, 1.82) is 0 Å². The van der Waals surface area contributed by atoms with Crippen molar-refractivity contribution < 1.29 is 4.79 Å². The molecular weight excluding hydrogens is 248 g/mol. The van der Waals surface area contributed by atoms with Gasteiger partial charge in [0.2, 0.25) is 0 Å². The Morgan fingerprint density at radius 2 is 1.95 bits per heavy atom. The first-order chi connectivity index (χ1) is 9.68. The number of anilines is 1. The topological polar surface area (TPSA) is 33.2 Å². The van der Waals surface area contributed by atoms with Gasteiger partial charge in [0.25, 0.3) is 5.91 Å². The van der Waals surface area contributed by atoms with Crippen LogP contribution >= 0.6 is 0 Å². The Bertz CT molecular complexity index is 622. The predicted octanol–water partition coefficient (Wildman–Crippen LogP) is 3.48. The number of fused-ring (bicyclic) bond motifs is 1. The molecule has 2 heterocycles. The molecule has 3 rings (SSSR count). The van der Waals surface area contributed by atoms with Gasteiger partial charge >= 0.3 is 0 Å². The highest BCUT2D eigenvalue weighted by atomic mass is 16.2. The van der Waals surface area contributed by atoms with Crippen LogP contribution in [0.15, 0.2) is 48.7 Å². The summed E-state index contributed by atoms with van der Waals surface area (Å²) in [7, 11) is 0. The number of rotatable bonds is 2. The molecule has 3 nitrogen and oxygen atoms in total. The van der Waals surface area contributed by atoms with Gasteiger partial charge in [-0.3, -0.25) is 9.78 Å². The second-order valence-electron chi connectivity index (χ2n) is 5.54. The molecule has 1 aromatic heterocycles. The molecule has 0 spiro atoms. The number of benzene rings is 1. The summed E-state index contributed by atoms with van der Waals surface area (Å²) >= 11 is 0. The molecule has 1 aromatic carbocycles. The minimum Gasteiger partial charge on any atom is -0.306 e. The van der Waals surface area contributed by atoms with Gasteiger partial charge in [0, 0.05) is 24.3 Å². The van der Waals surface area contributed by atoms with Crippen molar-refractivity contribution in [2.75, 3.05) is 11.4 Å². The summed E-state index contributed by atoms with van der Waals surface area (Å²) in [4.78, 5) is 18.7. The first kappa shape index (κ1) is 12.9. The lowest BCUT2D eigenvalue weighted by atomic mass is 9.90. The van der Waals surface area contributed by atoms with Gasteiger partial charge in [0.05, 0.1) is 0 Å². The zero-order chi connectivity index (χ0) is 14.1. The fraction of sp³-hybridized carbons (Fsp3) is 0.294. The normalized spacial score (nSPS) is 17.4. The van der Waals surface area contributed by atoms with Crippen LogP contribution in [0.25, 0.3) is 0 Å². The minimum atomic E-state index is -0.0128. The summed E-state index contributed by atoms with van der Waals surface area (Å²) < 4.78 is 0. The Hall–Kier alpha value is -2.16. The highest BCUT2D eigenvalue weighted by Crippen LogP contribution is 2.40. The van der Waals surface area contributed by atoms with Crippen LogP contribution < -0.4 is 4.90 Å². The van der Waals surface area contributed by atoms with E-state index >= 15 is 0 Å². The quantitative estimate of drug-likeness (QED) is 0.833. The third-order valence-electron chi connectivity index (χ3n) is 3.94. The monoisotopic (exact) mass is 266 g/mol. The smallest absolute Gasteiger partial charge is 0.276 e. The van der Waals surface area contributed by atoms with Gasteiger partial charge in [0.15, 0.2) is 0 Å². The summed E-state index contributed by atoms with van der Waals surface area (Å²) in [6.07, 6.45) is 1.66. The van der Waals surface area contributed by atoms with Crippen molar-refractivity contribution >= 4 is 11.6 Å². The largest absolute Gasteiger partial charge is 0.306 e. The van der Waals surface area contributed by atoms with Gasteiger partial charge in [-0.25, -0.2) is 0 Å². The van der Waals surface area contributed by atoms with Crippen molar-refractivity contribution in [2.45, 2.75) is 19.8 Å². The van der Waals surface area contributed by atoms with Crippen molar-refractivity contribution in [1.82, 2.24) is 4.98 Å².